The van der Waals surface area contributed by atoms with Crippen LogP contribution >= 0.6 is 0 Å². The van der Waals surface area contributed by atoms with Gasteiger partial charge in [0.15, 0.2) is 0 Å². The summed E-state index contributed by atoms with van der Waals surface area (Å²) in [4.78, 5) is 2.64. The van der Waals surface area contributed by atoms with Crippen LogP contribution in [-0.2, 0) is 6.54 Å². The molecule has 2 fully saturated rings. The minimum atomic E-state index is 0.675. The summed E-state index contributed by atoms with van der Waals surface area (Å²) in [6.45, 7) is 5.50. The van der Waals surface area contributed by atoms with E-state index in [-0.39, 0.29) is 0 Å². The van der Waals surface area contributed by atoms with E-state index in [4.69, 9.17) is 5.26 Å². The molecule has 106 valence electrons. The number of rotatable bonds is 5. The maximum absolute atomic E-state index is 8.95. The highest BCUT2D eigenvalue weighted by Gasteiger charge is 2.31. The second kappa shape index (κ2) is 5.95. The third kappa shape index (κ3) is 3.20. The molecule has 0 amide bonds. The Kier molecular flexibility index (Phi) is 4.05. The summed E-state index contributed by atoms with van der Waals surface area (Å²) in [7, 11) is 0. The van der Waals surface area contributed by atoms with Crippen LogP contribution in [0, 0.1) is 18.3 Å². The Morgan fingerprint density at radius 1 is 1.35 bits per heavy atom. The number of nitrogens with one attached hydrogen (secondary N) is 1. The fourth-order valence-electron chi connectivity index (χ4n) is 3.14. The molecule has 1 unspecified atom stereocenters. The van der Waals surface area contributed by atoms with Gasteiger partial charge in [-0.1, -0.05) is 6.07 Å². The Hall–Kier alpha value is -1.37. The predicted molar refractivity (Wildman–Crippen MR) is 80.4 cm³/mol. The zero-order chi connectivity index (χ0) is 13.9. The van der Waals surface area contributed by atoms with Crippen LogP contribution in [0.25, 0.3) is 0 Å². The number of hydrogen-bond donors (Lipinski definition) is 1. The lowest BCUT2D eigenvalue weighted by atomic mass is 10.0. The molecule has 2 aliphatic rings. The van der Waals surface area contributed by atoms with E-state index in [9.17, 15) is 0 Å². The third-order valence-electron chi connectivity index (χ3n) is 4.53. The van der Waals surface area contributed by atoms with Gasteiger partial charge in [0.25, 0.3) is 0 Å². The molecule has 0 spiro atoms. The van der Waals surface area contributed by atoms with Crippen LogP contribution in [0.5, 0.6) is 0 Å². The van der Waals surface area contributed by atoms with E-state index < -0.39 is 0 Å². The van der Waals surface area contributed by atoms with Crippen LogP contribution in [0.4, 0.5) is 0 Å². The van der Waals surface area contributed by atoms with Crippen molar-refractivity contribution in [1.29, 1.82) is 5.26 Å². The van der Waals surface area contributed by atoms with Crippen molar-refractivity contribution >= 4 is 0 Å². The summed E-state index contributed by atoms with van der Waals surface area (Å²) in [5, 5.41) is 12.6. The van der Waals surface area contributed by atoms with Crippen molar-refractivity contribution in [3.05, 3.63) is 34.9 Å². The highest BCUT2D eigenvalue weighted by atomic mass is 15.2. The Labute approximate surface area is 121 Å². The third-order valence-corrected chi connectivity index (χ3v) is 4.53. The fraction of sp³-hybridized carbons (Fsp3) is 0.588. The summed E-state index contributed by atoms with van der Waals surface area (Å²) in [5.74, 6) is 0. The first-order valence-electron chi connectivity index (χ1n) is 7.73. The van der Waals surface area contributed by atoms with Gasteiger partial charge in [-0.15, -0.1) is 0 Å². The van der Waals surface area contributed by atoms with E-state index >= 15 is 0 Å². The normalized spacial score (nSPS) is 22.1. The van der Waals surface area contributed by atoms with E-state index in [1.54, 1.807) is 0 Å². The monoisotopic (exact) mass is 269 g/mol. The van der Waals surface area contributed by atoms with E-state index in [0.29, 0.717) is 6.04 Å². The van der Waals surface area contributed by atoms with Crippen LogP contribution in [-0.4, -0.2) is 30.1 Å². The molecule has 1 aliphatic carbocycles. The Balaban J connectivity index is 1.68. The van der Waals surface area contributed by atoms with Crippen LogP contribution in [0.2, 0.25) is 0 Å². The standard InChI is InChI=1S/C17H23N3/c1-13-9-14(10-18)4-5-15(13)11-20(17-6-7-17)12-16-3-2-8-19-16/h4-5,9,16-17,19H,2-3,6-8,11-12H2,1H3. The van der Waals surface area contributed by atoms with Gasteiger partial charge in [-0.25, -0.2) is 0 Å². The second-order valence-corrected chi connectivity index (χ2v) is 6.21. The first kappa shape index (κ1) is 13.6. The lowest BCUT2D eigenvalue weighted by molar-refractivity contribution is 0.231. The zero-order valence-corrected chi connectivity index (χ0v) is 12.2. The van der Waals surface area contributed by atoms with Gasteiger partial charge in [0.2, 0.25) is 0 Å². The average molecular weight is 269 g/mol. The van der Waals surface area contributed by atoms with Crippen LogP contribution < -0.4 is 5.32 Å². The molecule has 1 atom stereocenters. The summed E-state index contributed by atoms with van der Waals surface area (Å²) >= 11 is 0. The van der Waals surface area contributed by atoms with E-state index in [2.05, 4.69) is 29.3 Å². The molecule has 0 radical (unpaired) electrons. The number of aryl methyl sites for hydroxylation is 1. The molecule has 3 nitrogen and oxygen atoms in total. The predicted octanol–water partition coefficient (Wildman–Crippen LogP) is 2.58. The van der Waals surface area contributed by atoms with Gasteiger partial charge in [-0.05, 0) is 62.4 Å². The highest BCUT2D eigenvalue weighted by molar-refractivity contribution is 5.37. The molecule has 1 aromatic carbocycles. The van der Waals surface area contributed by atoms with Gasteiger partial charge in [0.05, 0.1) is 11.6 Å². The van der Waals surface area contributed by atoms with Crippen molar-refractivity contribution in [3.8, 4) is 6.07 Å². The van der Waals surface area contributed by atoms with Crippen molar-refractivity contribution in [2.75, 3.05) is 13.1 Å². The molecule has 1 saturated heterocycles. The molecule has 20 heavy (non-hydrogen) atoms. The molecular weight excluding hydrogens is 246 g/mol. The Morgan fingerprint density at radius 3 is 2.80 bits per heavy atom. The summed E-state index contributed by atoms with van der Waals surface area (Å²) in [5.41, 5.74) is 3.38. The maximum Gasteiger partial charge on any atom is 0.0991 e. The average Bonchev–Trinajstić information content (AvgIpc) is 3.18. The number of nitrogens with zero attached hydrogens (tertiary/aromatic N) is 2. The number of benzene rings is 1. The molecular formula is C17H23N3. The lowest BCUT2D eigenvalue weighted by Gasteiger charge is -2.26. The fourth-order valence-corrected chi connectivity index (χ4v) is 3.14. The number of hydrogen-bond acceptors (Lipinski definition) is 3. The Bertz CT molecular complexity index is 507. The molecule has 1 heterocycles. The summed E-state index contributed by atoms with van der Waals surface area (Å²) in [6, 6.07) is 9.76. The summed E-state index contributed by atoms with van der Waals surface area (Å²) in [6.07, 6.45) is 5.33. The highest BCUT2D eigenvalue weighted by Crippen LogP contribution is 2.29. The van der Waals surface area contributed by atoms with Crippen molar-refractivity contribution in [2.24, 2.45) is 0 Å². The quantitative estimate of drug-likeness (QED) is 0.893. The smallest absolute Gasteiger partial charge is 0.0991 e. The molecule has 3 rings (SSSR count). The van der Waals surface area contributed by atoms with Crippen molar-refractivity contribution in [2.45, 2.75) is 51.2 Å². The minimum absolute atomic E-state index is 0.675. The van der Waals surface area contributed by atoms with Crippen molar-refractivity contribution in [3.63, 3.8) is 0 Å². The van der Waals surface area contributed by atoms with Gasteiger partial charge in [0, 0.05) is 25.2 Å². The molecule has 3 heteroatoms. The van der Waals surface area contributed by atoms with Crippen molar-refractivity contribution in [1.82, 2.24) is 10.2 Å². The van der Waals surface area contributed by atoms with Gasteiger partial charge in [-0.3, -0.25) is 4.90 Å². The van der Waals surface area contributed by atoms with Gasteiger partial charge in [0.1, 0.15) is 0 Å². The van der Waals surface area contributed by atoms with Crippen LogP contribution in [0.1, 0.15) is 42.4 Å². The number of nitriles is 1. The lowest BCUT2D eigenvalue weighted by Crippen LogP contribution is -2.38. The molecule has 1 aromatic rings. The van der Waals surface area contributed by atoms with Crippen molar-refractivity contribution < 1.29 is 0 Å². The summed E-state index contributed by atoms with van der Waals surface area (Å²) < 4.78 is 0. The molecule has 1 N–H and O–H groups in total. The first-order chi connectivity index (χ1) is 9.76. The van der Waals surface area contributed by atoms with Crippen LogP contribution in [0.15, 0.2) is 18.2 Å². The van der Waals surface area contributed by atoms with Gasteiger partial charge < -0.3 is 5.32 Å². The molecule has 1 aliphatic heterocycles. The Morgan fingerprint density at radius 2 is 2.20 bits per heavy atom. The maximum atomic E-state index is 8.95. The second-order valence-electron chi connectivity index (χ2n) is 6.21. The first-order valence-corrected chi connectivity index (χ1v) is 7.73. The van der Waals surface area contributed by atoms with E-state index in [1.165, 1.54) is 49.9 Å². The SMILES string of the molecule is Cc1cc(C#N)ccc1CN(CC1CCCN1)C1CC1. The van der Waals surface area contributed by atoms with Gasteiger partial charge in [-0.2, -0.15) is 5.26 Å². The van der Waals surface area contributed by atoms with Gasteiger partial charge >= 0.3 is 0 Å². The van der Waals surface area contributed by atoms with E-state index in [1.807, 2.05) is 12.1 Å². The molecule has 0 bridgehead atoms. The molecule has 1 saturated carbocycles. The van der Waals surface area contributed by atoms with E-state index in [0.717, 1.165) is 18.2 Å². The topological polar surface area (TPSA) is 39.1 Å². The minimum Gasteiger partial charge on any atom is -0.313 e. The largest absolute Gasteiger partial charge is 0.313 e. The van der Waals surface area contributed by atoms with Crippen LogP contribution in [0.3, 0.4) is 0 Å². The molecule has 0 aromatic heterocycles. The zero-order valence-electron chi connectivity index (χ0n) is 12.2.